The minimum absolute atomic E-state index is 0.0352. The van der Waals surface area contributed by atoms with Gasteiger partial charge in [-0.3, -0.25) is 4.79 Å². The van der Waals surface area contributed by atoms with Crippen molar-refractivity contribution in [3.63, 3.8) is 0 Å². The molecule has 8 nitrogen and oxygen atoms in total. The fraction of sp³-hybridized carbons (Fsp3) is 0.543. The lowest BCUT2D eigenvalue weighted by molar-refractivity contribution is -0.168. The molecule has 1 saturated carbocycles. The molecular formula is C35H43ClN2O6. The van der Waals surface area contributed by atoms with Crippen molar-refractivity contribution in [2.75, 3.05) is 31.6 Å². The van der Waals surface area contributed by atoms with E-state index in [1.54, 1.807) is 23.1 Å². The Morgan fingerprint density at radius 2 is 1.93 bits per heavy atom. The Kier molecular flexibility index (Phi) is 9.22. The average Bonchev–Trinajstić information content (AvgIpc) is 3.46. The highest BCUT2D eigenvalue weighted by Gasteiger charge is 2.45. The molecule has 2 aromatic carbocycles. The van der Waals surface area contributed by atoms with Crippen LogP contribution in [-0.4, -0.2) is 65.9 Å². The molecule has 9 heteroatoms. The highest BCUT2D eigenvalue weighted by Crippen LogP contribution is 2.42. The van der Waals surface area contributed by atoms with E-state index in [4.69, 9.17) is 21.1 Å². The Labute approximate surface area is 264 Å². The van der Waals surface area contributed by atoms with Gasteiger partial charge in [0.15, 0.2) is 5.60 Å². The molecule has 0 radical (unpaired) electrons. The normalized spacial score (nSPS) is 30.0. The summed E-state index contributed by atoms with van der Waals surface area (Å²) in [7, 11) is 1.24. The average molecular weight is 623 g/mol. The van der Waals surface area contributed by atoms with Crippen molar-refractivity contribution in [2.24, 2.45) is 11.8 Å². The second-order valence-electron chi connectivity index (χ2n) is 12.9. The monoisotopic (exact) mass is 622 g/mol. The highest BCUT2D eigenvalue weighted by molar-refractivity contribution is 6.30. The van der Waals surface area contributed by atoms with Gasteiger partial charge >= 0.3 is 5.97 Å². The summed E-state index contributed by atoms with van der Waals surface area (Å²) in [6.07, 6.45) is 9.99. The van der Waals surface area contributed by atoms with Crippen LogP contribution < -0.4 is 9.64 Å². The summed E-state index contributed by atoms with van der Waals surface area (Å²) in [4.78, 5) is 31.0. The van der Waals surface area contributed by atoms with E-state index in [9.17, 15) is 19.8 Å². The quantitative estimate of drug-likeness (QED) is 0.335. The van der Waals surface area contributed by atoms with Crippen molar-refractivity contribution in [3.8, 4) is 5.75 Å². The van der Waals surface area contributed by atoms with E-state index in [-0.39, 0.29) is 23.8 Å². The minimum atomic E-state index is -2.16. The molecule has 4 aliphatic rings. The number of hydrogen-bond acceptors (Lipinski definition) is 7. The molecule has 44 heavy (non-hydrogen) atoms. The number of aliphatic hydroxyl groups excluding tert-OH is 1. The molecule has 2 aromatic rings. The van der Waals surface area contributed by atoms with Gasteiger partial charge in [0.25, 0.3) is 0 Å². The number of aliphatic hydroxyl groups is 2. The number of amides is 1. The molecular weight excluding hydrogens is 580 g/mol. The summed E-state index contributed by atoms with van der Waals surface area (Å²) in [5.41, 5.74) is 1.15. The van der Waals surface area contributed by atoms with Crippen LogP contribution in [0.5, 0.6) is 5.75 Å². The maximum atomic E-state index is 13.7. The Bertz CT molecular complexity index is 1410. The van der Waals surface area contributed by atoms with Gasteiger partial charge in [0.05, 0.1) is 25.3 Å². The van der Waals surface area contributed by atoms with Crippen LogP contribution in [0.25, 0.3) is 0 Å². The first-order valence-electron chi connectivity index (χ1n) is 16.0. The van der Waals surface area contributed by atoms with Gasteiger partial charge in [-0.15, -0.1) is 0 Å². The standard InChI is InChI=1S/C35H43ClN2O6/c1-43-34(41)35(42)20-33(40)38-17-5-8-28(38)7-4-9-31(39)29-14-11-24(29)21-37-16-3-2-6-23-18-27(36)13-10-25(23)22-44-32-15-12-26(35)19-30(32)37/h4,9-10,12-13,15,18-19,24,28-29,31,39,42H,2-3,5-8,11,14,16-17,20-22H2,1H3/b9-4+/t24-,28+,29+,31-,35-/m0/s1. The number of aryl methyl sites for hydroxylation is 1. The minimum Gasteiger partial charge on any atom is -0.487 e. The molecule has 1 amide bonds. The lowest BCUT2D eigenvalue weighted by atomic mass is 9.70. The molecule has 1 saturated heterocycles. The fourth-order valence-electron chi connectivity index (χ4n) is 7.46. The van der Waals surface area contributed by atoms with Gasteiger partial charge in [-0.05, 0) is 104 Å². The predicted octanol–water partition coefficient (Wildman–Crippen LogP) is 5.15. The van der Waals surface area contributed by atoms with E-state index >= 15 is 0 Å². The molecule has 3 heterocycles. The van der Waals surface area contributed by atoms with Crippen molar-refractivity contribution in [1.29, 1.82) is 0 Å². The van der Waals surface area contributed by atoms with Gasteiger partial charge < -0.3 is 29.5 Å². The van der Waals surface area contributed by atoms with Crippen molar-refractivity contribution < 1.29 is 29.3 Å². The van der Waals surface area contributed by atoms with Crippen LogP contribution >= 0.6 is 11.6 Å². The SMILES string of the molecule is COC(=O)[C@]1(O)CC(=O)N2CCC[C@H]2C/C=C/[C@H](O)[C@@H]2CC[C@H]2CN2CCCCc3cc(Cl)ccc3COc3ccc1cc32. The van der Waals surface area contributed by atoms with E-state index in [0.717, 1.165) is 62.7 Å². The van der Waals surface area contributed by atoms with Crippen LogP contribution in [0.15, 0.2) is 48.6 Å². The summed E-state index contributed by atoms with van der Waals surface area (Å²) < 4.78 is 11.6. The Morgan fingerprint density at radius 1 is 1.07 bits per heavy atom. The number of halogens is 1. The number of hydrogen-bond donors (Lipinski definition) is 2. The fourth-order valence-corrected chi connectivity index (χ4v) is 7.65. The van der Waals surface area contributed by atoms with Crippen molar-refractivity contribution in [3.05, 3.63) is 70.3 Å². The predicted molar refractivity (Wildman–Crippen MR) is 169 cm³/mol. The third-order valence-electron chi connectivity index (χ3n) is 10.2. The molecule has 3 aliphatic heterocycles. The van der Waals surface area contributed by atoms with Crippen LogP contribution in [0, 0.1) is 11.8 Å². The van der Waals surface area contributed by atoms with Crippen LogP contribution in [0.2, 0.25) is 5.02 Å². The first-order valence-corrected chi connectivity index (χ1v) is 16.4. The summed E-state index contributed by atoms with van der Waals surface area (Å²) in [5.74, 6) is -0.0963. The zero-order valence-corrected chi connectivity index (χ0v) is 26.2. The maximum Gasteiger partial charge on any atom is 0.343 e. The topological polar surface area (TPSA) is 99.5 Å². The number of rotatable bonds is 1. The lowest BCUT2D eigenvalue weighted by Gasteiger charge is -2.43. The third-order valence-corrected chi connectivity index (χ3v) is 10.4. The Morgan fingerprint density at radius 3 is 2.73 bits per heavy atom. The first kappa shape index (κ1) is 30.9. The lowest BCUT2D eigenvalue weighted by Crippen LogP contribution is -2.45. The number of esters is 1. The Balaban J connectivity index is 1.43. The second-order valence-corrected chi connectivity index (χ2v) is 13.3. The number of nitrogens with zero attached hydrogens (tertiary/aromatic N) is 2. The number of carbonyl (C=O) groups excluding carboxylic acids is 2. The number of carbonyl (C=O) groups is 2. The van der Waals surface area contributed by atoms with E-state index in [1.165, 1.54) is 12.7 Å². The molecule has 0 spiro atoms. The summed E-state index contributed by atoms with van der Waals surface area (Å²) in [6.45, 7) is 2.36. The molecule has 0 aromatic heterocycles. The van der Waals surface area contributed by atoms with Crippen molar-refractivity contribution in [1.82, 2.24) is 4.90 Å². The molecule has 0 unspecified atom stereocenters. The van der Waals surface area contributed by atoms with Gasteiger partial charge in [0, 0.05) is 30.7 Å². The summed E-state index contributed by atoms with van der Waals surface area (Å²) in [6, 6.07) is 11.1. The molecule has 2 bridgehead atoms. The summed E-state index contributed by atoms with van der Waals surface area (Å²) in [5, 5.41) is 23.9. The third kappa shape index (κ3) is 6.22. The smallest absolute Gasteiger partial charge is 0.343 e. The number of methoxy groups -OCH3 is 1. The van der Waals surface area contributed by atoms with Gasteiger partial charge in [0.2, 0.25) is 5.91 Å². The van der Waals surface area contributed by atoms with Gasteiger partial charge in [-0.25, -0.2) is 4.79 Å². The van der Waals surface area contributed by atoms with Crippen molar-refractivity contribution >= 4 is 29.2 Å². The zero-order chi connectivity index (χ0) is 30.8. The van der Waals surface area contributed by atoms with E-state index in [0.29, 0.717) is 42.5 Å². The number of ether oxygens (including phenoxy) is 2. The molecule has 2 N–H and O–H groups in total. The van der Waals surface area contributed by atoms with Crippen LogP contribution in [0.3, 0.4) is 0 Å². The summed E-state index contributed by atoms with van der Waals surface area (Å²) >= 11 is 6.34. The van der Waals surface area contributed by atoms with Gasteiger partial charge in [-0.2, -0.15) is 0 Å². The number of anilines is 1. The molecule has 6 rings (SSSR count). The van der Waals surface area contributed by atoms with Crippen LogP contribution in [-0.2, 0) is 33.0 Å². The zero-order valence-electron chi connectivity index (χ0n) is 25.4. The molecule has 236 valence electrons. The van der Waals surface area contributed by atoms with E-state index in [2.05, 4.69) is 4.90 Å². The van der Waals surface area contributed by atoms with Crippen LogP contribution in [0.1, 0.15) is 68.1 Å². The maximum absolute atomic E-state index is 13.7. The Hall–Kier alpha value is -3.07. The van der Waals surface area contributed by atoms with E-state index < -0.39 is 24.1 Å². The first-order chi connectivity index (χ1) is 21.3. The van der Waals surface area contributed by atoms with E-state index in [1.807, 2.05) is 30.4 Å². The van der Waals surface area contributed by atoms with Crippen LogP contribution in [0.4, 0.5) is 5.69 Å². The number of fused-ring (bicyclic) bond motifs is 4. The van der Waals surface area contributed by atoms with Crippen molar-refractivity contribution in [2.45, 2.75) is 82.1 Å². The second kappa shape index (κ2) is 13.1. The number of benzene rings is 2. The highest BCUT2D eigenvalue weighted by atomic mass is 35.5. The van der Waals surface area contributed by atoms with Gasteiger partial charge in [-0.1, -0.05) is 35.9 Å². The molecule has 1 aliphatic carbocycles. The van der Waals surface area contributed by atoms with Gasteiger partial charge in [0.1, 0.15) is 12.4 Å². The molecule has 2 fully saturated rings. The largest absolute Gasteiger partial charge is 0.487 e. The molecule has 5 atom stereocenters.